The second kappa shape index (κ2) is 7.90. The molecule has 0 fully saturated rings. The maximum Gasteiger partial charge on any atom is 0.275 e. The van der Waals surface area contributed by atoms with E-state index in [0.29, 0.717) is 36.5 Å². The number of aryl methyl sites for hydroxylation is 1. The Balaban J connectivity index is 1.44. The zero-order valence-electron chi connectivity index (χ0n) is 15.3. The molecule has 2 heterocycles. The lowest BCUT2D eigenvalue weighted by Gasteiger charge is -2.12. The molecule has 6 heteroatoms. The zero-order valence-corrected chi connectivity index (χ0v) is 16.0. The molecule has 4 aromatic rings. The third kappa shape index (κ3) is 3.66. The van der Waals surface area contributed by atoms with Crippen LogP contribution in [0.5, 0.6) is 0 Å². The molecule has 0 spiro atoms. The molecular formula is C22H20ClN3O2. The number of hydrogen-bond acceptors (Lipinski definition) is 2. The van der Waals surface area contributed by atoms with Gasteiger partial charge >= 0.3 is 0 Å². The molecule has 0 radical (unpaired) electrons. The summed E-state index contributed by atoms with van der Waals surface area (Å²) in [7, 11) is 0. The number of rotatable bonds is 6. The standard InChI is InChI=1S/C22H20ClN3O2/c23-17-11-9-16(10-12-17)15-24-21(27)8-4-14-26-19-6-2-1-5-18(19)25-13-3-7-20(25)22(26)28/h1-3,5-7,9-13H,4,8,14-15H2,(H,24,27). The summed E-state index contributed by atoms with van der Waals surface area (Å²) in [6.07, 6.45) is 2.85. The highest BCUT2D eigenvalue weighted by atomic mass is 35.5. The summed E-state index contributed by atoms with van der Waals surface area (Å²) < 4.78 is 3.67. The van der Waals surface area contributed by atoms with Crippen LogP contribution in [0.3, 0.4) is 0 Å². The van der Waals surface area contributed by atoms with E-state index in [1.54, 1.807) is 16.7 Å². The van der Waals surface area contributed by atoms with Crippen molar-refractivity contribution < 1.29 is 4.79 Å². The summed E-state index contributed by atoms with van der Waals surface area (Å²) in [6, 6.07) is 18.9. The van der Waals surface area contributed by atoms with Gasteiger partial charge in [-0.1, -0.05) is 35.9 Å². The summed E-state index contributed by atoms with van der Waals surface area (Å²) in [5.74, 6) is -0.0314. The van der Waals surface area contributed by atoms with Crippen molar-refractivity contribution in [3.63, 3.8) is 0 Å². The Hall–Kier alpha value is -3.05. The first-order valence-electron chi connectivity index (χ1n) is 9.23. The fourth-order valence-electron chi connectivity index (χ4n) is 3.42. The molecule has 0 aliphatic carbocycles. The van der Waals surface area contributed by atoms with Crippen molar-refractivity contribution in [1.29, 1.82) is 0 Å². The Morgan fingerprint density at radius 2 is 1.64 bits per heavy atom. The number of fused-ring (bicyclic) bond motifs is 3. The van der Waals surface area contributed by atoms with Gasteiger partial charge in [0.1, 0.15) is 5.52 Å². The predicted molar refractivity (Wildman–Crippen MR) is 112 cm³/mol. The minimum absolute atomic E-state index is 0.0314. The maximum absolute atomic E-state index is 12.8. The van der Waals surface area contributed by atoms with Crippen molar-refractivity contribution in [1.82, 2.24) is 14.3 Å². The van der Waals surface area contributed by atoms with Gasteiger partial charge in [0.15, 0.2) is 0 Å². The van der Waals surface area contributed by atoms with Gasteiger partial charge in [0.2, 0.25) is 5.91 Å². The molecule has 1 amide bonds. The number of para-hydroxylation sites is 2. The highest BCUT2D eigenvalue weighted by Crippen LogP contribution is 2.15. The Morgan fingerprint density at radius 1 is 0.929 bits per heavy atom. The Kier molecular flexibility index (Phi) is 5.17. The molecule has 5 nitrogen and oxygen atoms in total. The number of carbonyl (C=O) groups is 1. The van der Waals surface area contributed by atoms with Crippen LogP contribution in [0.2, 0.25) is 5.02 Å². The molecule has 0 aliphatic heterocycles. The molecule has 0 unspecified atom stereocenters. The average Bonchev–Trinajstić information content (AvgIpc) is 3.20. The number of hydrogen-bond donors (Lipinski definition) is 1. The van der Waals surface area contributed by atoms with Crippen molar-refractivity contribution >= 4 is 34.1 Å². The first-order valence-corrected chi connectivity index (χ1v) is 9.61. The number of nitrogens with zero attached hydrogens (tertiary/aromatic N) is 2. The van der Waals surface area contributed by atoms with Gasteiger partial charge in [0.25, 0.3) is 5.56 Å². The van der Waals surface area contributed by atoms with E-state index in [-0.39, 0.29) is 11.5 Å². The van der Waals surface area contributed by atoms with E-state index in [1.165, 1.54) is 0 Å². The van der Waals surface area contributed by atoms with Gasteiger partial charge in [-0.05, 0) is 48.4 Å². The van der Waals surface area contributed by atoms with E-state index in [9.17, 15) is 9.59 Å². The van der Waals surface area contributed by atoms with E-state index in [2.05, 4.69) is 5.32 Å². The average molecular weight is 394 g/mol. The van der Waals surface area contributed by atoms with Crippen LogP contribution in [-0.4, -0.2) is 14.9 Å². The van der Waals surface area contributed by atoms with E-state index in [4.69, 9.17) is 11.6 Å². The van der Waals surface area contributed by atoms with Gasteiger partial charge in [-0.2, -0.15) is 0 Å². The Morgan fingerprint density at radius 3 is 2.43 bits per heavy atom. The zero-order chi connectivity index (χ0) is 19.5. The molecule has 1 N–H and O–H groups in total. The summed E-state index contributed by atoms with van der Waals surface area (Å²) >= 11 is 5.87. The number of aromatic nitrogens is 2. The van der Waals surface area contributed by atoms with Gasteiger partial charge in [0.05, 0.1) is 11.0 Å². The first kappa shape index (κ1) is 18.3. The molecule has 0 aliphatic rings. The summed E-state index contributed by atoms with van der Waals surface area (Å²) in [6.45, 7) is 0.963. The van der Waals surface area contributed by atoms with Crippen molar-refractivity contribution in [3.8, 4) is 0 Å². The highest BCUT2D eigenvalue weighted by Gasteiger charge is 2.10. The molecule has 0 saturated heterocycles. The Labute approximate surface area is 167 Å². The second-order valence-electron chi connectivity index (χ2n) is 6.72. The maximum atomic E-state index is 12.8. The summed E-state index contributed by atoms with van der Waals surface area (Å²) in [5, 5.41) is 3.58. The molecule has 2 aromatic heterocycles. The van der Waals surface area contributed by atoms with Crippen LogP contribution in [0.15, 0.2) is 71.7 Å². The first-order chi connectivity index (χ1) is 13.6. The molecular weight excluding hydrogens is 374 g/mol. The number of amides is 1. The lowest BCUT2D eigenvalue weighted by atomic mass is 10.2. The third-order valence-electron chi connectivity index (χ3n) is 4.83. The molecule has 0 saturated carbocycles. The molecule has 4 rings (SSSR count). The molecule has 28 heavy (non-hydrogen) atoms. The van der Waals surface area contributed by atoms with Crippen molar-refractivity contribution in [2.45, 2.75) is 25.9 Å². The largest absolute Gasteiger partial charge is 0.352 e. The predicted octanol–water partition coefficient (Wildman–Crippen LogP) is 4.00. The molecule has 0 atom stereocenters. The lowest BCUT2D eigenvalue weighted by Crippen LogP contribution is -2.25. The van der Waals surface area contributed by atoms with Crippen LogP contribution < -0.4 is 10.9 Å². The normalized spacial score (nSPS) is 11.2. The number of benzene rings is 2. The topological polar surface area (TPSA) is 55.5 Å². The van der Waals surface area contributed by atoms with E-state index in [1.807, 2.05) is 59.1 Å². The monoisotopic (exact) mass is 393 g/mol. The van der Waals surface area contributed by atoms with Gasteiger partial charge in [-0.15, -0.1) is 0 Å². The van der Waals surface area contributed by atoms with E-state index in [0.717, 1.165) is 16.6 Å². The van der Waals surface area contributed by atoms with Crippen LogP contribution in [0, 0.1) is 0 Å². The quantitative estimate of drug-likeness (QED) is 0.538. The van der Waals surface area contributed by atoms with Crippen LogP contribution in [-0.2, 0) is 17.9 Å². The second-order valence-corrected chi connectivity index (χ2v) is 7.15. The van der Waals surface area contributed by atoms with Gasteiger partial charge in [-0.25, -0.2) is 0 Å². The molecule has 2 aromatic carbocycles. The number of halogens is 1. The molecule has 142 valence electrons. The fraction of sp³-hybridized carbons (Fsp3) is 0.182. The van der Waals surface area contributed by atoms with Crippen LogP contribution >= 0.6 is 11.6 Å². The fourth-order valence-corrected chi connectivity index (χ4v) is 3.55. The third-order valence-corrected chi connectivity index (χ3v) is 5.09. The summed E-state index contributed by atoms with van der Waals surface area (Å²) in [4.78, 5) is 25.0. The Bertz CT molecular complexity index is 1190. The summed E-state index contributed by atoms with van der Waals surface area (Å²) in [5.41, 5.74) is 3.46. The van der Waals surface area contributed by atoms with Crippen molar-refractivity contribution in [2.75, 3.05) is 0 Å². The van der Waals surface area contributed by atoms with Crippen molar-refractivity contribution in [2.24, 2.45) is 0 Å². The van der Waals surface area contributed by atoms with Crippen LogP contribution in [0.1, 0.15) is 18.4 Å². The molecule has 0 bridgehead atoms. The van der Waals surface area contributed by atoms with Gasteiger partial charge < -0.3 is 14.3 Å². The lowest BCUT2D eigenvalue weighted by molar-refractivity contribution is -0.121. The van der Waals surface area contributed by atoms with Crippen LogP contribution in [0.4, 0.5) is 0 Å². The van der Waals surface area contributed by atoms with E-state index >= 15 is 0 Å². The number of nitrogens with one attached hydrogen (secondary N) is 1. The van der Waals surface area contributed by atoms with Crippen molar-refractivity contribution in [3.05, 3.63) is 87.8 Å². The van der Waals surface area contributed by atoms with Crippen LogP contribution in [0.25, 0.3) is 16.6 Å². The van der Waals surface area contributed by atoms with E-state index < -0.39 is 0 Å². The minimum Gasteiger partial charge on any atom is -0.352 e. The minimum atomic E-state index is -0.0368. The highest BCUT2D eigenvalue weighted by molar-refractivity contribution is 6.30. The SMILES string of the molecule is O=C(CCCn1c(=O)c2cccn2c2ccccc21)NCc1ccc(Cl)cc1. The van der Waals surface area contributed by atoms with Gasteiger partial charge in [0, 0.05) is 30.7 Å². The number of carbonyl (C=O) groups excluding carboxylic acids is 1. The smallest absolute Gasteiger partial charge is 0.275 e. The van der Waals surface area contributed by atoms with Gasteiger partial charge in [-0.3, -0.25) is 9.59 Å².